The molecule has 0 spiro atoms. The molecule has 6 heteroatoms. The second-order valence-electron chi connectivity index (χ2n) is 4.43. The van der Waals surface area contributed by atoms with Crippen LogP contribution in [-0.4, -0.2) is 36.1 Å². The van der Waals surface area contributed by atoms with Crippen molar-refractivity contribution in [3.05, 3.63) is 23.8 Å². The Morgan fingerprint density at radius 1 is 1.17 bits per heavy atom. The van der Waals surface area contributed by atoms with E-state index in [1.54, 1.807) is 0 Å². The maximum absolute atomic E-state index is 13.6. The molecule has 0 amide bonds. The van der Waals surface area contributed by atoms with Crippen molar-refractivity contribution >= 4 is 17.0 Å². The van der Waals surface area contributed by atoms with Crippen LogP contribution in [-0.2, 0) is 0 Å². The van der Waals surface area contributed by atoms with Crippen molar-refractivity contribution in [3.8, 4) is 0 Å². The Morgan fingerprint density at radius 2 is 2.06 bits per heavy atom. The van der Waals surface area contributed by atoms with Gasteiger partial charge in [-0.3, -0.25) is 0 Å². The van der Waals surface area contributed by atoms with Gasteiger partial charge in [0, 0.05) is 25.7 Å². The van der Waals surface area contributed by atoms with Crippen molar-refractivity contribution in [3.63, 3.8) is 0 Å². The van der Waals surface area contributed by atoms with Gasteiger partial charge in [0.25, 0.3) is 0 Å². The molecule has 1 aromatic carbocycles. The molecule has 0 aliphatic carbocycles. The van der Waals surface area contributed by atoms with Gasteiger partial charge in [0.15, 0.2) is 5.82 Å². The van der Waals surface area contributed by atoms with Crippen molar-refractivity contribution in [2.75, 3.05) is 31.1 Å². The molecule has 0 radical (unpaired) electrons. The Balaban J connectivity index is 1.99. The first-order chi connectivity index (χ1) is 8.74. The van der Waals surface area contributed by atoms with Gasteiger partial charge in [0.1, 0.15) is 11.3 Å². The monoisotopic (exact) mass is 252 g/mol. The summed E-state index contributed by atoms with van der Waals surface area (Å²) in [5.41, 5.74) is 0.600. The molecule has 18 heavy (non-hydrogen) atoms. The molecular formula is C12H14F2N4. The number of hydrogen-bond donors (Lipinski definition) is 2. The van der Waals surface area contributed by atoms with Crippen LogP contribution in [0, 0.1) is 11.6 Å². The maximum Gasteiger partial charge on any atom is 0.203 e. The largest absolute Gasteiger partial charge is 0.341 e. The fourth-order valence-electron chi connectivity index (χ4n) is 2.24. The summed E-state index contributed by atoms with van der Waals surface area (Å²) in [6.07, 6.45) is 1.01. The molecule has 96 valence electrons. The quantitative estimate of drug-likeness (QED) is 0.811. The molecule has 0 bridgehead atoms. The number of hydrogen-bond acceptors (Lipinski definition) is 3. The van der Waals surface area contributed by atoms with E-state index in [2.05, 4.69) is 20.2 Å². The molecule has 1 saturated heterocycles. The second-order valence-corrected chi connectivity index (χ2v) is 4.43. The molecule has 4 nitrogen and oxygen atoms in total. The van der Waals surface area contributed by atoms with Gasteiger partial charge in [0.05, 0.1) is 5.52 Å². The minimum atomic E-state index is -0.625. The molecule has 0 atom stereocenters. The van der Waals surface area contributed by atoms with Gasteiger partial charge in [-0.1, -0.05) is 0 Å². The van der Waals surface area contributed by atoms with Crippen LogP contribution in [0.4, 0.5) is 14.7 Å². The summed E-state index contributed by atoms with van der Waals surface area (Å²) in [4.78, 5) is 9.25. The molecule has 2 aromatic rings. The smallest absolute Gasteiger partial charge is 0.203 e. The van der Waals surface area contributed by atoms with E-state index in [-0.39, 0.29) is 5.52 Å². The molecular weight excluding hydrogens is 238 g/mol. The van der Waals surface area contributed by atoms with E-state index in [0.29, 0.717) is 11.5 Å². The lowest BCUT2D eigenvalue weighted by molar-refractivity contribution is 0.590. The minimum Gasteiger partial charge on any atom is -0.341 e. The number of nitrogens with one attached hydrogen (secondary N) is 2. The van der Waals surface area contributed by atoms with E-state index in [0.717, 1.165) is 38.7 Å². The van der Waals surface area contributed by atoms with Crippen molar-refractivity contribution in [2.45, 2.75) is 6.42 Å². The molecule has 0 unspecified atom stereocenters. The highest BCUT2D eigenvalue weighted by molar-refractivity contribution is 5.78. The lowest BCUT2D eigenvalue weighted by atomic mass is 10.3. The highest BCUT2D eigenvalue weighted by Crippen LogP contribution is 2.21. The number of anilines is 1. The average molecular weight is 252 g/mol. The van der Waals surface area contributed by atoms with Crippen LogP contribution in [0.25, 0.3) is 11.0 Å². The van der Waals surface area contributed by atoms with E-state index in [1.807, 2.05) is 0 Å². The fourth-order valence-corrected chi connectivity index (χ4v) is 2.24. The minimum absolute atomic E-state index is 0.198. The maximum atomic E-state index is 13.6. The second kappa shape index (κ2) is 4.53. The summed E-state index contributed by atoms with van der Waals surface area (Å²) in [5, 5.41) is 3.28. The number of benzene rings is 1. The van der Waals surface area contributed by atoms with Crippen molar-refractivity contribution in [1.82, 2.24) is 15.3 Å². The average Bonchev–Trinajstić information content (AvgIpc) is 2.59. The number of halogens is 2. The number of aromatic nitrogens is 2. The Bertz CT molecular complexity index is 558. The Labute approximate surface area is 103 Å². The van der Waals surface area contributed by atoms with Crippen LogP contribution in [0.15, 0.2) is 12.1 Å². The van der Waals surface area contributed by atoms with Crippen molar-refractivity contribution in [2.24, 2.45) is 0 Å². The van der Waals surface area contributed by atoms with Crippen molar-refractivity contribution in [1.29, 1.82) is 0 Å². The summed E-state index contributed by atoms with van der Waals surface area (Å²) in [7, 11) is 0. The zero-order valence-electron chi connectivity index (χ0n) is 9.84. The van der Waals surface area contributed by atoms with E-state index >= 15 is 0 Å². The lowest BCUT2D eigenvalue weighted by Gasteiger charge is -2.18. The first kappa shape index (κ1) is 11.4. The van der Waals surface area contributed by atoms with Crippen LogP contribution in [0.3, 0.4) is 0 Å². The zero-order chi connectivity index (χ0) is 12.5. The first-order valence-electron chi connectivity index (χ1n) is 6.04. The van der Waals surface area contributed by atoms with Gasteiger partial charge in [0.2, 0.25) is 5.95 Å². The van der Waals surface area contributed by atoms with Crippen LogP contribution >= 0.6 is 0 Å². The van der Waals surface area contributed by atoms with Crippen LogP contribution in [0.1, 0.15) is 6.42 Å². The number of imidazole rings is 1. The lowest BCUT2D eigenvalue weighted by Crippen LogP contribution is -2.28. The van der Waals surface area contributed by atoms with Gasteiger partial charge in [-0.15, -0.1) is 0 Å². The normalized spacial score (nSPS) is 17.1. The molecule has 1 fully saturated rings. The molecule has 3 rings (SSSR count). The highest BCUT2D eigenvalue weighted by Gasteiger charge is 2.15. The fraction of sp³-hybridized carbons (Fsp3) is 0.417. The molecule has 1 aliphatic heterocycles. The third kappa shape index (κ3) is 2.03. The van der Waals surface area contributed by atoms with Crippen molar-refractivity contribution < 1.29 is 8.78 Å². The number of rotatable bonds is 1. The Hall–Kier alpha value is -1.69. The Morgan fingerprint density at radius 3 is 2.94 bits per heavy atom. The third-order valence-electron chi connectivity index (χ3n) is 3.13. The third-order valence-corrected chi connectivity index (χ3v) is 3.13. The molecule has 0 saturated carbocycles. The van der Waals surface area contributed by atoms with E-state index < -0.39 is 11.6 Å². The van der Waals surface area contributed by atoms with Gasteiger partial charge in [-0.25, -0.2) is 13.8 Å². The Kier molecular flexibility index (Phi) is 2.87. The standard InChI is InChI=1S/C12H14F2N4/c13-8-6-9(14)11-10(7-8)16-12(17-11)18-4-1-2-15-3-5-18/h6-7,15H,1-5H2,(H,16,17). The molecule has 2 N–H and O–H groups in total. The number of fused-ring (bicyclic) bond motifs is 1. The summed E-state index contributed by atoms with van der Waals surface area (Å²) < 4.78 is 26.7. The van der Waals surface area contributed by atoms with Gasteiger partial charge >= 0.3 is 0 Å². The molecule has 1 aliphatic rings. The van der Waals surface area contributed by atoms with E-state index in [9.17, 15) is 8.78 Å². The summed E-state index contributed by atoms with van der Waals surface area (Å²) in [5.74, 6) is -0.605. The number of aromatic amines is 1. The SMILES string of the molecule is Fc1cc(F)c2nc(N3CCCNCC3)[nH]c2c1. The topological polar surface area (TPSA) is 44.0 Å². The number of H-pyrrole nitrogens is 1. The van der Waals surface area contributed by atoms with Gasteiger partial charge in [-0.05, 0) is 19.0 Å². The van der Waals surface area contributed by atoms with Gasteiger partial charge < -0.3 is 15.2 Å². The van der Waals surface area contributed by atoms with E-state index in [1.165, 1.54) is 6.07 Å². The highest BCUT2D eigenvalue weighted by atomic mass is 19.1. The summed E-state index contributed by atoms with van der Waals surface area (Å²) >= 11 is 0. The predicted molar refractivity (Wildman–Crippen MR) is 65.7 cm³/mol. The molecule has 1 aromatic heterocycles. The van der Waals surface area contributed by atoms with Crippen LogP contribution < -0.4 is 10.2 Å². The predicted octanol–water partition coefficient (Wildman–Crippen LogP) is 1.64. The van der Waals surface area contributed by atoms with Crippen LogP contribution in [0.2, 0.25) is 0 Å². The van der Waals surface area contributed by atoms with Gasteiger partial charge in [-0.2, -0.15) is 0 Å². The van der Waals surface area contributed by atoms with E-state index in [4.69, 9.17) is 0 Å². The summed E-state index contributed by atoms with van der Waals surface area (Å²) in [6, 6.07) is 2.13. The molecule has 2 heterocycles. The zero-order valence-corrected chi connectivity index (χ0v) is 9.84. The summed E-state index contributed by atoms with van der Waals surface area (Å²) in [6.45, 7) is 3.51. The van der Waals surface area contributed by atoms with Crippen LogP contribution in [0.5, 0.6) is 0 Å². The first-order valence-corrected chi connectivity index (χ1v) is 6.04. The number of nitrogens with zero attached hydrogens (tertiary/aromatic N) is 2.